The average molecular weight is 486 g/mol. The molecule has 2 heterocycles. The standard InChI is InChI=1S/C22H13Cl2N3O2S2/c23-14-7-9-15(10-8-14)27-21(29)16(19(28)26-22(27)30)12-13-4-3-11-25-20(13)31-18-6-2-1-5-17(18)24/h1-12H,(H,26,28,30). The molecule has 5 nitrogen and oxygen atoms in total. The topological polar surface area (TPSA) is 62.3 Å². The summed E-state index contributed by atoms with van der Waals surface area (Å²) in [5.74, 6) is -1.11. The summed E-state index contributed by atoms with van der Waals surface area (Å²) >= 11 is 18.8. The summed E-state index contributed by atoms with van der Waals surface area (Å²) in [5, 5.41) is 4.29. The second-order valence-electron chi connectivity index (χ2n) is 6.36. The van der Waals surface area contributed by atoms with Crippen LogP contribution < -0.4 is 10.2 Å². The van der Waals surface area contributed by atoms with Crippen LogP contribution in [0, 0.1) is 0 Å². The molecule has 0 radical (unpaired) electrons. The molecule has 0 spiro atoms. The first kappa shape index (κ1) is 21.5. The zero-order chi connectivity index (χ0) is 22.0. The molecular formula is C22H13Cl2N3O2S2. The predicted octanol–water partition coefficient (Wildman–Crippen LogP) is 5.37. The van der Waals surface area contributed by atoms with Crippen molar-refractivity contribution in [2.45, 2.75) is 9.92 Å². The maximum absolute atomic E-state index is 13.2. The highest BCUT2D eigenvalue weighted by atomic mass is 35.5. The van der Waals surface area contributed by atoms with E-state index in [0.717, 1.165) is 4.90 Å². The van der Waals surface area contributed by atoms with Crippen molar-refractivity contribution in [3.8, 4) is 0 Å². The van der Waals surface area contributed by atoms with Gasteiger partial charge in [-0.25, -0.2) is 4.98 Å². The number of rotatable bonds is 4. The Hall–Kier alpha value is -2.71. The summed E-state index contributed by atoms with van der Waals surface area (Å²) < 4.78 is 0. The van der Waals surface area contributed by atoms with Crippen LogP contribution in [0.3, 0.4) is 0 Å². The van der Waals surface area contributed by atoms with E-state index in [9.17, 15) is 9.59 Å². The van der Waals surface area contributed by atoms with Crippen molar-refractivity contribution in [3.63, 3.8) is 0 Å². The lowest BCUT2D eigenvalue weighted by Gasteiger charge is -2.29. The van der Waals surface area contributed by atoms with Crippen LogP contribution in [-0.4, -0.2) is 21.9 Å². The Balaban J connectivity index is 1.71. The van der Waals surface area contributed by atoms with Crippen molar-refractivity contribution in [1.82, 2.24) is 10.3 Å². The Bertz CT molecular complexity index is 1230. The third kappa shape index (κ3) is 4.65. The van der Waals surface area contributed by atoms with Crippen molar-refractivity contribution in [3.05, 3.63) is 88.0 Å². The summed E-state index contributed by atoms with van der Waals surface area (Å²) in [7, 11) is 0. The number of halogens is 2. The fourth-order valence-corrected chi connectivity index (χ4v) is 4.40. The lowest BCUT2D eigenvalue weighted by Crippen LogP contribution is -2.54. The third-order valence-corrected chi connectivity index (χ3v) is 6.42. The first-order valence-corrected chi connectivity index (χ1v) is 11.0. The zero-order valence-corrected chi connectivity index (χ0v) is 18.9. The van der Waals surface area contributed by atoms with Crippen LogP contribution in [0.5, 0.6) is 0 Å². The van der Waals surface area contributed by atoms with Gasteiger partial charge in [0.25, 0.3) is 11.8 Å². The van der Waals surface area contributed by atoms with Gasteiger partial charge in [0, 0.05) is 21.7 Å². The molecule has 2 amide bonds. The number of anilines is 1. The number of pyridine rings is 1. The number of hydrogen-bond acceptors (Lipinski definition) is 5. The molecule has 31 heavy (non-hydrogen) atoms. The smallest absolute Gasteiger partial charge is 0.270 e. The van der Waals surface area contributed by atoms with Gasteiger partial charge in [-0.1, -0.05) is 53.2 Å². The molecule has 1 fully saturated rings. The van der Waals surface area contributed by atoms with E-state index in [-0.39, 0.29) is 10.7 Å². The molecule has 9 heteroatoms. The van der Waals surface area contributed by atoms with Gasteiger partial charge in [0.05, 0.1) is 10.7 Å². The monoisotopic (exact) mass is 485 g/mol. The van der Waals surface area contributed by atoms with Gasteiger partial charge in [0.1, 0.15) is 10.6 Å². The van der Waals surface area contributed by atoms with Gasteiger partial charge in [-0.3, -0.25) is 19.8 Å². The average Bonchev–Trinajstić information content (AvgIpc) is 2.75. The first-order chi connectivity index (χ1) is 14.9. The number of amides is 2. The van der Waals surface area contributed by atoms with Crippen LogP contribution in [0.15, 0.2) is 82.4 Å². The van der Waals surface area contributed by atoms with Gasteiger partial charge in [-0.15, -0.1) is 0 Å². The van der Waals surface area contributed by atoms with E-state index in [1.165, 1.54) is 22.7 Å². The molecule has 0 unspecified atom stereocenters. The quantitative estimate of drug-likeness (QED) is 0.305. The highest BCUT2D eigenvalue weighted by Gasteiger charge is 2.34. The van der Waals surface area contributed by atoms with Gasteiger partial charge in [-0.2, -0.15) is 0 Å². The van der Waals surface area contributed by atoms with Gasteiger partial charge >= 0.3 is 0 Å². The minimum Gasteiger partial charge on any atom is -0.298 e. The number of thiocarbonyl (C=S) groups is 1. The normalized spacial score (nSPS) is 15.4. The number of hydrogen-bond donors (Lipinski definition) is 1. The second kappa shape index (κ2) is 9.20. The number of carbonyl (C=O) groups is 2. The van der Waals surface area contributed by atoms with Crippen molar-refractivity contribution >= 4 is 75.9 Å². The van der Waals surface area contributed by atoms with Gasteiger partial charge in [0.2, 0.25) is 0 Å². The summed E-state index contributed by atoms with van der Waals surface area (Å²) in [5.41, 5.74) is 1.05. The van der Waals surface area contributed by atoms with Crippen LogP contribution in [0.4, 0.5) is 5.69 Å². The van der Waals surface area contributed by atoms with Gasteiger partial charge in [-0.05, 0) is 60.8 Å². The molecular weight excluding hydrogens is 473 g/mol. The Morgan fingerprint density at radius 2 is 1.74 bits per heavy atom. The number of nitrogens with zero attached hydrogens (tertiary/aromatic N) is 2. The number of benzene rings is 2. The van der Waals surface area contributed by atoms with E-state index < -0.39 is 11.8 Å². The third-order valence-electron chi connectivity index (χ3n) is 4.33. The lowest BCUT2D eigenvalue weighted by molar-refractivity contribution is -0.122. The molecule has 2 aromatic carbocycles. The van der Waals surface area contributed by atoms with Crippen molar-refractivity contribution < 1.29 is 9.59 Å². The Morgan fingerprint density at radius 1 is 1.00 bits per heavy atom. The minimum atomic E-state index is -0.572. The summed E-state index contributed by atoms with van der Waals surface area (Å²) in [6, 6.07) is 17.5. The second-order valence-corrected chi connectivity index (χ2v) is 8.63. The molecule has 1 saturated heterocycles. The fraction of sp³-hybridized carbons (Fsp3) is 0. The molecule has 0 atom stereocenters. The van der Waals surface area contributed by atoms with Crippen molar-refractivity contribution in [2.75, 3.05) is 4.90 Å². The highest BCUT2D eigenvalue weighted by Crippen LogP contribution is 2.34. The summed E-state index contributed by atoms with van der Waals surface area (Å²) in [4.78, 5) is 32.2. The summed E-state index contributed by atoms with van der Waals surface area (Å²) in [6.07, 6.45) is 3.15. The SMILES string of the molecule is O=C1NC(=S)N(c2ccc(Cl)cc2)C(=O)C1=Cc1cccnc1Sc1ccccc1Cl. The largest absolute Gasteiger partial charge is 0.298 e. The molecule has 1 N–H and O–H groups in total. The number of nitrogens with one attached hydrogen (secondary N) is 1. The lowest BCUT2D eigenvalue weighted by atomic mass is 10.1. The number of carbonyl (C=O) groups excluding carboxylic acids is 2. The van der Waals surface area contributed by atoms with E-state index in [1.54, 1.807) is 48.7 Å². The predicted molar refractivity (Wildman–Crippen MR) is 127 cm³/mol. The molecule has 3 aromatic rings. The highest BCUT2D eigenvalue weighted by molar-refractivity contribution is 7.99. The molecule has 1 aromatic heterocycles. The van der Waals surface area contributed by atoms with Crippen LogP contribution in [-0.2, 0) is 9.59 Å². The molecule has 1 aliphatic rings. The maximum Gasteiger partial charge on any atom is 0.270 e. The van der Waals surface area contributed by atoms with Gasteiger partial charge in [0.15, 0.2) is 5.11 Å². The summed E-state index contributed by atoms with van der Waals surface area (Å²) in [6.45, 7) is 0. The number of aromatic nitrogens is 1. The minimum absolute atomic E-state index is 0.00586. The van der Waals surface area contributed by atoms with Crippen LogP contribution in [0.1, 0.15) is 5.56 Å². The molecule has 1 aliphatic heterocycles. The molecule has 154 valence electrons. The Kier molecular flexibility index (Phi) is 6.38. The first-order valence-electron chi connectivity index (χ1n) is 8.98. The molecule has 0 bridgehead atoms. The molecule has 0 aliphatic carbocycles. The Morgan fingerprint density at radius 3 is 2.48 bits per heavy atom. The molecule has 0 saturated carbocycles. The van der Waals surface area contributed by atoms with Crippen LogP contribution >= 0.6 is 47.2 Å². The Labute approximate surface area is 198 Å². The van der Waals surface area contributed by atoms with E-state index >= 15 is 0 Å². The van der Waals surface area contributed by atoms with E-state index in [1.807, 2.05) is 18.2 Å². The molecule has 4 rings (SSSR count). The van der Waals surface area contributed by atoms with Crippen molar-refractivity contribution in [2.24, 2.45) is 0 Å². The fourth-order valence-electron chi connectivity index (χ4n) is 2.87. The van der Waals surface area contributed by atoms with E-state index in [4.69, 9.17) is 35.4 Å². The van der Waals surface area contributed by atoms with E-state index in [0.29, 0.717) is 26.3 Å². The van der Waals surface area contributed by atoms with Crippen molar-refractivity contribution in [1.29, 1.82) is 0 Å². The van der Waals surface area contributed by atoms with Crippen LogP contribution in [0.25, 0.3) is 6.08 Å². The zero-order valence-electron chi connectivity index (χ0n) is 15.7. The van der Waals surface area contributed by atoms with Crippen LogP contribution in [0.2, 0.25) is 10.0 Å². The maximum atomic E-state index is 13.2. The van der Waals surface area contributed by atoms with Gasteiger partial charge < -0.3 is 0 Å². The van der Waals surface area contributed by atoms with E-state index in [2.05, 4.69) is 10.3 Å².